The van der Waals surface area contributed by atoms with E-state index < -0.39 is 0 Å². The lowest BCUT2D eigenvalue weighted by Crippen LogP contribution is -2.25. The molecule has 2 aromatic carbocycles. The lowest BCUT2D eigenvalue weighted by molar-refractivity contribution is 0.734. The largest absolute Gasteiger partial charge is 0.323 e. The van der Waals surface area contributed by atoms with Crippen LogP contribution in [0.25, 0.3) is 38.6 Å². The molecule has 0 aliphatic rings. The molecule has 0 fully saturated rings. The van der Waals surface area contributed by atoms with Crippen molar-refractivity contribution in [1.82, 2.24) is 14.5 Å². The Morgan fingerprint density at radius 3 is 2.50 bits per heavy atom. The molecule has 0 radical (unpaired) electrons. The Kier molecular flexibility index (Phi) is 5.54. The summed E-state index contributed by atoms with van der Waals surface area (Å²) in [5.41, 5.74) is 10.4. The Hall–Kier alpha value is -3.76. The van der Waals surface area contributed by atoms with Gasteiger partial charge in [-0.1, -0.05) is 47.5 Å². The van der Waals surface area contributed by atoms with Crippen molar-refractivity contribution >= 4 is 45.0 Å². The van der Waals surface area contributed by atoms with E-state index in [-0.39, 0.29) is 22.2 Å². The lowest BCUT2D eigenvalue weighted by atomic mass is 10.0. The van der Waals surface area contributed by atoms with Gasteiger partial charge in [-0.15, -0.1) is 0 Å². The van der Waals surface area contributed by atoms with Crippen molar-refractivity contribution in [1.29, 1.82) is 5.26 Å². The first-order valence-corrected chi connectivity index (χ1v) is 11.2. The molecule has 0 saturated heterocycles. The molecule has 0 saturated carbocycles. The number of hydrogen-bond donors (Lipinski definition) is 1. The zero-order valence-corrected chi connectivity index (χ0v) is 19.5. The fourth-order valence-electron chi connectivity index (χ4n) is 4.02. The van der Waals surface area contributed by atoms with Crippen LogP contribution < -0.4 is 11.3 Å². The number of nitriles is 1. The molecule has 3 heterocycles. The Labute approximate surface area is 204 Å². The maximum Gasteiger partial charge on any atom is 0.264 e. The molecule has 5 aromatic rings. The number of fused-ring (bicyclic) bond motifs is 2. The molecule has 34 heavy (non-hydrogen) atoms. The van der Waals surface area contributed by atoms with Gasteiger partial charge >= 0.3 is 0 Å². The Balaban J connectivity index is 1.62. The van der Waals surface area contributed by atoms with Gasteiger partial charge in [0, 0.05) is 35.4 Å². The van der Waals surface area contributed by atoms with E-state index in [1.807, 2.05) is 61.5 Å². The van der Waals surface area contributed by atoms with Crippen LogP contribution in [0.2, 0.25) is 10.0 Å². The van der Waals surface area contributed by atoms with Crippen molar-refractivity contribution < 1.29 is 0 Å². The monoisotopic (exact) mass is 485 g/mol. The number of hydrogen-bond acceptors (Lipinski definition) is 5. The molecule has 3 aromatic heterocycles. The number of nitrogens with zero attached hydrogens (tertiary/aromatic N) is 4. The molecule has 1 atom stereocenters. The van der Waals surface area contributed by atoms with Crippen LogP contribution in [0.15, 0.2) is 71.8 Å². The molecule has 2 N–H and O–H groups in total. The Morgan fingerprint density at radius 2 is 1.79 bits per heavy atom. The van der Waals surface area contributed by atoms with Crippen LogP contribution in [-0.2, 0) is 0 Å². The molecule has 8 heteroatoms. The van der Waals surface area contributed by atoms with Crippen molar-refractivity contribution in [3.05, 3.63) is 98.6 Å². The van der Waals surface area contributed by atoms with Crippen LogP contribution in [0.5, 0.6) is 0 Å². The molecular formula is C26H17Cl2N5O. The molecular weight excluding hydrogens is 469 g/mol. The third-order valence-electron chi connectivity index (χ3n) is 5.71. The molecule has 0 spiro atoms. The smallest absolute Gasteiger partial charge is 0.264 e. The number of pyridine rings is 3. The Morgan fingerprint density at radius 1 is 1.03 bits per heavy atom. The summed E-state index contributed by atoms with van der Waals surface area (Å²) < 4.78 is 1.60. The van der Waals surface area contributed by atoms with Crippen molar-refractivity contribution in [2.24, 2.45) is 5.73 Å². The molecule has 5 rings (SSSR count). The van der Waals surface area contributed by atoms with E-state index in [1.54, 1.807) is 16.8 Å². The predicted octanol–water partition coefficient (Wildman–Crippen LogP) is 5.80. The van der Waals surface area contributed by atoms with Crippen molar-refractivity contribution in [2.45, 2.75) is 13.0 Å². The fraction of sp³-hybridized carbons (Fsp3) is 0.0769. The third-order valence-corrected chi connectivity index (χ3v) is 6.41. The topological polar surface area (TPSA) is 97.6 Å². The first-order chi connectivity index (χ1) is 16.4. The molecule has 0 unspecified atom stereocenters. The summed E-state index contributed by atoms with van der Waals surface area (Å²) in [4.78, 5) is 22.1. The van der Waals surface area contributed by atoms with Gasteiger partial charge in [-0.25, -0.2) is 0 Å². The highest BCUT2D eigenvalue weighted by molar-refractivity contribution is 6.36. The summed E-state index contributed by atoms with van der Waals surface area (Å²) in [5.74, 6) is 0. The number of nitrogens with two attached hydrogens (primary N) is 1. The number of aromatic nitrogens is 3. The SMILES string of the molecule is C[C@H](N)c1cc2cccc(Cl)c2c(=O)n1-c1ccc(-c2cnc3c(Cl)c(C#N)cnc3c2)cc1. The van der Waals surface area contributed by atoms with Crippen LogP contribution in [0, 0.1) is 11.3 Å². The van der Waals surface area contributed by atoms with Crippen molar-refractivity contribution in [3.8, 4) is 22.9 Å². The summed E-state index contributed by atoms with van der Waals surface area (Å²) >= 11 is 12.6. The highest BCUT2D eigenvalue weighted by Crippen LogP contribution is 2.29. The van der Waals surface area contributed by atoms with E-state index in [1.165, 1.54) is 6.20 Å². The van der Waals surface area contributed by atoms with Crippen LogP contribution in [0.3, 0.4) is 0 Å². The molecule has 0 aliphatic carbocycles. The van der Waals surface area contributed by atoms with E-state index in [0.29, 0.717) is 32.8 Å². The van der Waals surface area contributed by atoms with Gasteiger partial charge in [0.2, 0.25) is 0 Å². The summed E-state index contributed by atoms with van der Waals surface area (Å²) in [6, 6.07) is 18.3. The highest BCUT2D eigenvalue weighted by Gasteiger charge is 2.16. The van der Waals surface area contributed by atoms with E-state index in [0.717, 1.165) is 16.5 Å². The molecule has 6 nitrogen and oxygen atoms in total. The minimum Gasteiger partial charge on any atom is -0.323 e. The van der Waals surface area contributed by atoms with Gasteiger partial charge in [-0.05, 0) is 48.2 Å². The van der Waals surface area contributed by atoms with Crippen LogP contribution in [-0.4, -0.2) is 14.5 Å². The first kappa shape index (κ1) is 22.1. The summed E-state index contributed by atoms with van der Waals surface area (Å²) in [6.45, 7) is 1.84. The van der Waals surface area contributed by atoms with E-state index in [4.69, 9.17) is 34.2 Å². The van der Waals surface area contributed by atoms with Crippen LogP contribution in [0.4, 0.5) is 0 Å². The van der Waals surface area contributed by atoms with Crippen LogP contribution >= 0.6 is 23.2 Å². The molecule has 0 aliphatic heterocycles. The minimum absolute atomic E-state index is 0.220. The third kappa shape index (κ3) is 3.61. The maximum absolute atomic E-state index is 13.4. The zero-order valence-electron chi connectivity index (χ0n) is 18.0. The quantitative estimate of drug-likeness (QED) is 0.348. The highest BCUT2D eigenvalue weighted by atomic mass is 35.5. The number of halogens is 2. The van der Waals surface area contributed by atoms with Gasteiger partial charge < -0.3 is 5.73 Å². The van der Waals surface area contributed by atoms with Gasteiger partial charge in [0.1, 0.15) is 11.6 Å². The predicted molar refractivity (Wildman–Crippen MR) is 135 cm³/mol. The van der Waals surface area contributed by atoms with Crippen molar-refractivity contribution in [2.75, 3.05) is 0 Å². The molecule has 166 valence electrons. The second kappa shape index (κ2) is 8.54. The molecule has 0 amide bonds. The zero-order chi connectivity index (χ0) is 24.0. The number of benzene rings is 2. The van der Waals surface area contributed by atoms with Gasteiger partial charge in [0.05, 0.1) is 26.5 Å². The standard InChI is InChI=1S/C26H17Cl2N5O/c1-14(30)22-10-16-3-2-4-20(27)23(16)26(34)33(22)19-7-5-15(6-8-19)17-9-21-25(32-12-17)24(28)18(11-29)13-31-21/h2-10,12-14H,30H2,1H3/t14-/m0/s1. The van der Waals surface area contributed by atoms with E-state index >= 15 is 0 Å². The fourth-order valence-corrected chi connectivity index (χ4v) is 4.52. The van der Waals surface area contributed by atoms with Gasteiger partial charge in [-0.2, -0.15) is 5.26 Å². The average molecular weight is 486 g/mol. The first-order valence-electron chi connectivity index (χ1n) is 10.4. The lowest BCUT2D eigenvalue weighted by Gasteiger charge is -2.18. The second-order valence-corrected chi connectivity index (χ2v) is 8.72. The normalized spacial score (nSPS) is 12.1. The van der Waals surface area contributed by atoms with E-state index in [2.05, 4.69) is 9.97 Å². The Bertz CT molecular complexity index is 1690. The van der Waals surface area contributed by atoms with E-state index in [9.17, 15) is 4.79 Å². The average Bonchev–Trinajstić information content (AvgIpc) is 2.84. The van der Waals surface area contributed by atoms with Gasteiger partial charge in [0.15, 0.2) is 0 Å². The maximum atomic E-state index is 13.4. The van der Waals surface area contributed by atoms with Gasteiger partial charge in [-0.3, -0.25) is 19.3 Å². The minimum atomic E-state index is -0.366. The summed E-state index contributed by atoms with van der Waals surface area (Å²) in [7, 11) is 0. The number of rotatable bonds is 3. The second-order valence-electron chi connectivity index (χ2n) is 7.94. The van der Waals surface area contributed by atoms with Gasteiger partial charge in [0.25, 0.3) is 5.56 Å². The van der Waals surface area contributed by atoms with Crippen molar-refractivity contribution in [3.63, 3.8) is 0 Å². The summed E-state index contributed by atoms with van der Waals surface area (Å²) in [5, 5.41) is 11.0. The molecule has 0 bridgehead atoms. The summed E-state index contributed by atoms with van der Waals surface area (Å²) in [6.07, 6.45) is 3.12. The van der Waals surface area contributed by atoms with Crippen LogP contribution in [0.1, 0.15) is 24.2 Å².